The summed E-state index contributed by atoms with van der Waals surface area (Å²) in [5.74, 6) is 0.354. The zero-order chi connectivity index (χ0) is 16.3. The molecule has 0 aliphatic heterocycles. The lowest BCUT2D eigenvalue weighted by Crippen LogP contribution is -1.92. The number of phenols is 1. The number of phenolic OH excluding ortho intramolecular Hbond substituents is 1. The highest BCUT2D eigenvalue weighted by Crippen LogP contribution is 2.05. The molecule has 3 aromatic carbocycles. The summed E-state index contributed by atoms with van der Waals surface area (Å²) >= 11 is 0. The summed E-state index contributed by atoms with van der Waals surface area (Å²) in [6.07, 6.45) is 3.43. The van der Waals surface area contributed by atoms with Gasteiger partial charge in [0.25, 0.3) is 0 Å². The molecule has 0 amide bonds. The van der Waals surface area contributed by atoms with Crippen LogP contribution in [0, 0.1) is 0 Å². The number of carbonyl (C=O) groups excluding carboxylic acids is 1. The molecule has 0 saturated carbocycles. The van der Waals surface area contributed by atoms with Crippen molar-refractivity contribution in [3.63, 3.8) is 0 Å². The van der Waals surface area contributed by atoms with Gasteiger partial charge in [-0.3, -0.25) is 4.79 Å². The first-order valence-electron chi connectivity index (χ1n) is 7.32. The fourth-order valence-corrected chi connectivity index (χ4v) is 1.86. The molecule has 2 heteroatoms. The zero-order valence-corrected chi connectivity index (χ0v) is 12.7. The van der Waals surface area contributed by atoms with E-state index in [1.54, 1.807) is 30.3 Å². The number of hydrogen-bond acceptors (Lipinski definition) is 2. The van der Waals surface area contributed by atoms with Crippen LogP contribution in [0.15, 0.2) is 97.1 Å². The van der Waals surface area contributed by atoms with Gasteiger partial charge in [-0.1, -0.05) is 84.9 Å². The molecule has 0 saturated heterocycles. The molecule has 0 bridgehead atoms. The predicted octanol–water partition coefficient (Wildman–Crippen LogP) is 4.97. The van der Waals surface area contributed by atoms with E-state index in [1.165, 1.54) is 0 Å². The van der Waals surface area contributed by atoms with Crippen LogP contribution in [0.2, 0.25) is 0 Å². The Bertz CT molecular complexity index is 733. The number of para-hydroxylation sites is 1. The Morgan fingerprint density at radius 1 is 0.696 bits per heavy atom. The van der Waals surface area contributed by atoms with Crippen molar-refractivity contribution in [2.24, 2.45) is 0 Å². The summed E-state index contributed by atoms with van der Waals surface area (Å²) in [6.45, 7) is 0. The van der Waals surface area contributed by atoms with Gasteiger partial charge in [0.05, 0.1) is 0 Å². The number of allylic oxidation sites excluding steroid dienone is 1. The maximum atomic E-state index is 11.7. The maximum Gasteiger partial charge on any atom is 0.185 e. The molecule has 1 N–H and O–H groups in total. The average Bonchev–Trinajstić information content (AvgIpc) is 2.62. The Hall–Kier alpha value is -3.13. The van der Waals surface area contributed by atoms with Gasteiger partial charge < -0.3 is 5.11 Å². The van der Waals surface area contributed by atoms with Crippen molar-refractivity contribution in [3.8, 4) is 5.75 Å². The molecule has 0 aliphatic rings. The standard InChI is InChI=1S/C15H12O.C6H6O/c16-15(14-9-5-2-6-10-14)12-11-13-7-3-1-4-8-13;7-6-4-2-1-3-5-6/h1-12H;1-5,7H. The molecule has 0 fully saturated rings. The van der Waals surface area contributed by atoms with Gasteiger partial charge in [-0.05, 0) is 23.8 Å². The van der Waals surface area contributed by atoms with Crippen molar-refractivity contribution < 1.29 is 9.90 Å². The molecule has 0 radical (unpaired) electrons. The minimum atomic E-state index is 0.0319. The van der Waals surface area contributed by atoms with E-state index in [4.69, 9.17) is 5.11 Å². The Labute approximate surface area is 136 Å². The summed E-state index contributed by atoms with van der Waals surface area (Å²) in [5, 5.41) is 8.63. The molecule has 2 nitrogen and oxygen atoms in total. The van der Waals surface area contributed by atoms with Crippen LogP contribution < -0.4 is 0 Å². The van der Waals surface area contributed by atoms with Gasteiger partial charge in [0.15, 0.2) is 5.78 Å². The first kappa shape index (κ1) is 16.2. The number of aromatic hydroxyl groups is 1. The lowest BCUT2D eigenvalue weighted by atomic mass is 10.1. The first-order chi connectivity index (χ1) is 11.3. The number of hydrogen-bond donors (Lipinski definition) is 1. The van der Waals surface area contributed by atoms with E-state index in [2.05, 4.69) is 0 Å². The van der Waals surface area contributed by atoms with Gasteiger partial charge in [0, 0.05) is 5.56 Å². The van der Waals surface area contributed by atoms with E-state index >= 15 is 0 Å². The van der Waals surface area contributed by atoms with Crippen LogP contribution in [0.3, 0.4) is 0 Å². The fourth-order valence-electron chi connectivity index (χ4n) is 1.86. The first-order valence-corrected chi connectivity index (χ1v) is 7.32. The van der Waals surface area contributed by atoms with Gasteiger partial charge in [-0.15, -0.1) is 0 Å². The van der Waals surface area contributed by atoms with Gasteiger partial charge in [-0.25, -0.2) is 0 Å². The highest BCUT2D eigenvalue weighted by atomic mass is 16.3. The van der Waals surface area contributed by atoms with E-state index < -0.39 is 0 Å². The third-order valence-corrected chi connectivity index (χ3v) is 3.04. The average molecular weight is 302 g/mol. The molecule has 0 spiro atoms. The Morgan fingerprint density at radius 3 is 1.65 bits per heavy atom. The lowest BCUT2D eigenvalue weighted by Gasteiger charge is -1.94. The summed E-state index contributed by atoms with van der Waals surface area (Å²) in [7, 11) is 0. The summed E-state index contributed by atoms with van der Waals surface area (Å²) in [6, 6.07) is 27.8. The molecule has 0 heterocycles. The van der Waals surface area contributed by atoms with Crippen molar-refractivity contribution in [2.75, 3.05) is 0 Å². The smallest absolute Gasteiger partial charge is 0.185 e. The van der Waals surface area contributed by atoms with Crippen molar-refractivity contribution in [1.82, 2.24) is 0 Å². The largest absolute Gasteiger partial charge is 0.508 e. The van der Waals surface area contributed by atoms with E-state index in [1.807, 2.05) is 72.8 Å². The quantitative estimate of drug-likeness (QED) is 0.547. The van der Waals surface area contributed by atoms with Gasteiger partial charge >= 0.3 is 0 Å². The molecule has 0 unspecified atom stereocenters. The van der Waals surface area contributed by atoms with Crippen molar-refractivity contribution in [2.45, 2.75) is 0 Å². The number of benzene rings is 3. The van der Waals surface area contributed by atoms with E-state index in [9.17, 15) is 4.79 Å². The summed E-state index contributed by atoms with van der Waals surface area (Å²) in [5.41, 5.74) is 1.75. The Balaban J connectivity index is 0.000000229. The predicted molar refractivity (Wildman–Crippen MR) is 94.4 cm³/mol. The van der Waals surface area contributed by atoms with E-state index in [0.29, 0.717) is 5.75 Å². The summed E-state index contributed by atoms with van der Waals surface area (Å²) < 4.78 is 0. The highest BCUT2D eigenvalue weighted by molar-refractivity contribution is 6.06. The Morgan fingerprint density at radius 2 is 1.17 bits per heavy atom. The highest BCUT2D eigenvalue weighted by Gasteiger charge is 1.98. The molecular weight excluding hydrogens is 284 g/mol. The van der Waals surface area contributed by atoms with Crippen LogP contribution in [0.4, 0.5) is 0 Å². The number of rotatable bonds is 3. The Kier molecular flexibility index (Phi) is 6.36. The third kappa shape index (κ3) is 6.02. The van der Waals surface area contributed by atoms with E-state index in [-0.39, 0.29) is 5.78 Å². The zero-order valence-electron chi connectivity index (χ0n) is 12.7. The van der Waals surface area contributed by atoms with Crippen LogP contribution in [0.5, 0.6) is 5.75 Å². The van der Waals surface area contributed by atoms with Gasteiger partial charge in [0.1, 0.15) is 5.75 Å². The second-order valence-corrected chi connectivity index (χ2v) is 4.81. The van der Waals surface area contributed by atoms with Crippen LogP contribution in [-0.2, 0) is 0 Å². The van der Waals surface area contributed by atoms with Gasteiger partial charge in [-0.2, -0.15) is 0 Å². The van der Waals surface area contributed by atoms with Crippen LogP contribution in [0.1, 0.15) is 15.9 Å². The minimum Gasteiger partial charge on any atom is -0.508 e. The molecule has 23 heavy (non-hydrogen) atoms. The van der Waals surface area contributed by atoms with Crippen LogP contribution >= 0.6 is 0 Å². The van der Waals surface area contributed by atoms with E-state index in [0.717, 1.165) is 11.1 Å². The topological polar surface area (TPSA) is 37.3 Å². The minimum absolute atomic E-state index is 0.0319. The molecule has 3 aromatic rings. The second kappa shape index (κ2) is 9.00. The van der Waals surface area contributed by atoms with Crippen LogP contribution in [0.25, 0.3) is 6.08 Å². The molecule has 0 aliphatic carbocycles. The van der Waals surface area contributed by atoms with Crippen molar-refractivity contribution in [3.05, 3.63) is 108 Å². The molecule has 0 aromatic heterocycles. The monoisotopic (exact) mass is 302 g/mol. The number of carbonyl (C=O) groups is 1. The lowest BCUT2D eigenvalue weighted by molar-refractivity contribution is 0.104. The van der Waals surface area contributed by atoms with Crippen molar-refractivity contribution >= 4 is 11.9 Å². The number of ketones is 1. The second-order valence-electron chi connectivity index (χ2n) is 4.81. The molecule has 0 atom stereocenters. The normalized spacial score (nSPS) is 9.91. The third-order valence-electron chi connectivity index (χ3n) is 3.04. The molecule has 114 valence electrons. The van der Waals surface area contributed by atoms with Gasteiger partial charge in [0.2, 0.25) is 0 Å². The summed E-state index contributed by atoms with van der Waals surface area (Å²) in [4.78, 5) is 11.7. The SMILES string of the molecule is O=C(C=Cc1ccccc1)c1ccccc1.Oc1ccccc1. The van der Waals surface area contributed by atoms with Crippen molar-refractivity contribution in [1.29, 1.82) is 0 Å². The molecule has 3 rings (SSSR count). The molecular formula is C21H18O2. The fraction of sp³-hybridized carbons (Fsp3) is 0. The van der Waals surface area contributed by atoms with Crippen LogP contribution in [-0.4, -0.2) is 10.9 Å². The maximum absolute atomic E-state index is 11.7.